The molecule has 1 aromatic rings. The van der Waals surface area contributed by atoms with Crippen molar-refractivity contribution in [3.8, 4) is 0 Å². The second kappa shape index (κ2) is 5.98. The molecule has 0 bridgehead atoms. The van der Waals surface area contributed by atoms with Crippen LogP contribution in [0.25, 0.3) is 0 Å². The third-order valence-electron chi connectivity index (χ3n) is 3.42. The number of nitrogens with zero attached hydrogens (tertiary/aromatic N) is 1. The van der Waals surface area contributed by atoms with E-state index in [0.717, 1.165) is 17.5 Å². The Morgan fingerprint density at radius 2 is 1.78 bits per heavy atom. The lowest BCUT2D eigenvalue weighted by Crippen LogP contribution is -2.37. The molecule has 1 aromatic carbocycles. The van der Waals surface area contributed by atoms with Crippen LogP contribution in [0.2, 0.25) is 0 Å². The molecule has 1 atom stereocenters. The summed E-state index contributed by atoms with van der Waals surface area (Å²) in [6.45, 7) is 4.64. The molecule has 0 saturated carbocycles. The van der Waals surface area contributed by atoms with E-state index in [1.807, 2.05) is 40.1 Å². The predicted molar refractivity (Wildman–Crippen MR) is 74.7 cm³/mol. The van der Waals surface area contributed by atoms with Crippen LogP contribution in [-0.2, 0) is 6.42 Å². The first-order valence-electron chi connectivity index (χ1n) is 6.13. The molecule has 0 saturated heterocycles. The van der Waals surface area contributed by atoms with Crippen LogP contribution in [-0.4, -0.2) is 37.5 Å². The minimum atomic E-state index is -0.379. The minimum absolute atomic E-state index is 0.307. The highest BCUT2D eigenvalue weighted by atomic mass is 16.1. The molecule has 1 rings (SSSR count). The normalized spacial score (nSPS) is 12.8. The molecule has 0 aliphatic heterocycles. The van der Waals surface area contributed by atoms with Gasteiger partial charge >= 0.3 is 0 Å². The molecule has 4 heteroatoms. The number of hydrogen-bond acceptors (Lipinski definition) is 3. The zero-order valence-electron chi connectivity index (χ0n) is 11.7. The summed E-state index contributed by atoms with van der Waals surface area (Å²) < 4.78 is 0. The standard InChI is InChI=1S/C14H23N3O/c1-9-5-11(14(16)18)6-10(2)13(9)7-12(8-15)17(3)4/h5-6,12H,7-8,15H2,1-4H3,(H2,16,18). The monoisotopic (exact) mass is 249 g/mol. The molecule has 0 radical (unpaired) electrons. The van der Waals surface area contributed by atoms with Gasteiger partial charge < -0.3 is 16.4 Å². The number of nitrogens with two attached hydrogens (primary N) is 2. The number of rotatable bonds is 5. The number of carbonyl (C=O) groups is 1. The van der Waals surface area contributed by atoms with Crippen molar-refractivity contribution < 1.29 is 4.79 Å². The minimum Gasteiger partial charge on any atom is -0.366 e. The van der Waals surface area contributed by atoms with Gasteiger partial charge in [-0.1, -0.05) is 0 Å². The number of likely N-dealkylation sites (N-methyl/N-ethyl adjacent to an activating group) is 1. The van der Waals surface area contributed by atoms with Gasteiger partial charge in [-0.3, -0.25) is 4.79 Å². The Balaban J connectivity index is 3.07. The largest absolute Gasteiger partial charge is 0.366 e. The van der Waals surface area contributed by atoms with Crippen LogP contribution in [0, 0.1) is 13.8 Å². The Morgan fingerprint density at radius 3 is 2.11 bits per heavy atom. The van der Waals surface area contributed by atoms with Crippen molar-refractivity contribution in [2.24, 2.45) is 11.5 Å². The van der Waals surface area contributed by atoms with Crippen molar-refractivity contribution in [2.75, 3.05) is 20.6 Å². The second-order valence-corrected chi connectivity index (χ2v) is 5.01. The maximum Gasteiger partial charge on any atom is 0.248 e. The van der Waals surface area contributed by atoms with Crippen LogP contribution in [0.15, 0.2) is 12.1 Å². The number of amides is 1. The Kier molecular flexibility index (Phi) is 4.87. The van der Waals surface area contributed by atoms with Crippen LogP contribution >= 0.6 is 0 Å². The van der Waals surface area contributed by atoms with Crippen molar-refractivity contribution in [1.29, 1.82) is 0 Å². The average molecular weight is 249 g/mol. The van der Waals surface area contributed by atoms with E-state index in [2.05, 4.69) is 4.90 Å². The molecule has 4 N–H and O–H groups in total. The fraction of sp³-hybridized carbons (Fsp3) is 0.500. The van der Waals surface area contributed by atoms with Crippen molar-refractivity contribution >= 4 is 5.91 Å². The molecular formula is C14H23N3O. The molecule has 1 amide bonds. The lowest BCUT2D eigenvalue weighted by molar-refractivity contribution is 0.1000. The zero-order chi connectivity index (χ0) is 13.9. The van der Waals surface area contributed by atoms with Crippen molar-refractivity contribution in [3.63, 3.8) is 0 Å². The zero-order valence-corrected chi connectivity index (χ0v) is 11.7. The van der Waals surface area contributed by atoms with Gasteiger partial charge in [-0.15, -0.1) is 0 Å². The molecule has 0 aliphatic rings. The van der Waals surface area contributed by atoms with Crippen LogP contribution < -0.4 is 11.5 Å². The highest BCUT2D eigenvalue weighted by Gasteiger charge is 2.15. The number of carbonyl (C=O) groups excluding carboxylic acids is 1. The molecule has 0 aromatic heterocycles. The quantitative estimate of drug-likeness (QED) is 0.812. The van der Waals surface area contributed by atoms with Crippen molar-refractivity contribution in [1.82, 2.24) is 4.90 Å². The van der Waals surface area contributed by atoms with Gasteiger partial charge in [-0.05, 0) is 63.2 Å². The molecule has 0 fully saturated rings. The van der Waals surface area contributed by atoms with E-state index in [1.54, 1.807) is 0 Å². The summed E-state index contributed by atoms with van der Waals surface area (Å²) >= 11 is 0. The van der Waals surface area contributed by atoms with Crippen molar-refractivity contribution in [3.05, 3.63) is 34.4 Å². The maximum atomic E-state index is 11.2. The lowest BCUT2D eigenvalue weighted by atomic mass is 9.93. The molecule has 1 unspecified atom stereocenters. The van der Waals surface area contributed by atoms with Gasteiger partial charge in [0.25, 0.3) is 0 Å². The highest BCUT2D eigenvalue weighted by Crippen LogP contribution is 2.19. The second-order valence-electron chi connectivity index (χ2n) is 5.01. The third-order valence-corrected chi connectivity index (χ3v) is 3.42. The van der Waals surface area contributed by atoms with Crippen LogP contribution in [0.4, 0.5) is 0 Å². The average Bonchev–Trinajstić information content (AvgIpc) is 2.27. The highest BCUT2D eigenvalue weighted by molar-refractivity contribution is 5.93. The van der Waals surface area contributed by atoms with E-state index < -0.39 is 0 Å². The summed E-state index contributed by atoms with van der Waals surface area (Å²) in [6, 6.07) is 4.02. The number of primary amides is 1. The van der Waals surface area contributed by atoms with Crippen LogP contribution in [0.3, 0.4) is 0 Å². The molecular weight excluding hydrogens is 226 g/mol. The number of aryl methyl sites for hydroxylation is 2. The summed E-state index contributed by atoms with van der Waals surface area (Å²) in [7, 11) is 4.06. The third kappa shape index (κ3) is 3.31. The fourth-order valence-corrected chi connectivity index (χ4v) is 2.17. The van der Waals surface area contributed by atoms with Gasteiger partial charge in [0.15, 0.2) is 0 Å². The molecule has 4 nitrogen and oxygen atoms in total. The molecule has 0 heterocycles. The van der Waals surface area contributed by atoms with Gasteiger partial charge in [0, 0.05) is 18.2 Å². The first-order valence-corrected chi connectivity index (χ1v) is 6.13. The summed E-state index contributed by atoms with van der Waals surface area (Å²) in [5.74, 6) is -0.379. The smallest absolute Gasteiger partial charge is 0.248 e. The Hall–Kier alpha value is -1.39. The Morgan fingerprint density at radius 1 is 1.28 bits per heavy atom. The molecule has 18 heavy (non-hydrogen) atoms. The molecule has 100 valence electrons. The van der Waals surface area contributed by atoms with Gasteiger partial charge in [-0.25, -0.2) is 0 Å². The molecule has 0 aliphatic carbocycles. The first-order chi connectivity index (χ1) is 8.36. The number of hydrogen-bond donors (Lipinski definition) is 2. The van der Waals surface area contributed by atoms with Crippen LogP contribution in [0.1, 0.15) is 27.0 Å². The van der Waals surface area contributed by atoms with Gasteiger partial charge in [-0.2, -0.15) is 0 Å². The van der Waals surface area contributed by atoms with E-state index >= 15 is 0 Å². The van der Waals surface area contributed by atoms with E-state index in [4.69, 9.17) is 11.5 Å². The van der Waals surface area contributed by atoms with Crippen LogP contribution in [0.5, 0.6) is 0 Å². The fourth-order valence-electron chi connectivity index (χ4n) is 2.17. The van der Waals surface area contributed by atoms with Gasteiger partial charge in [0.05, 0.1) is 0 Å². The van der Waals surface area contributed by atoms with Crippen molar-refractivity contribution in [2.45, 2.75) is 26.3 Å². The summed E-state index contributed by atoms with van der Waals surface area (Å²) in [6.07, 6.45) is 0.889. The SMILES string of the molecule is Cc1cc(C(N)=O)cc(C)c1CC(CN)N(C)C. The Labute approximate surface area is 109 Å². The first kappa shape index (κ1) is 14.7. The summed E-state index contributed by atoms with van der Waals surface area (Å²) in [4.78, 5) is 13.3. The lowest BCUT2D eigenvalue weighted by Gasteiger charge is -2.24. The van der Waals surface area contributed by atoms with E-state index in [1.165, 1.54) is 5.56 Å². The predicted octanol–water partition coefficient (Wildman–Crippen LogP) is 0.834. The van der Waals surface area contributed by atoms with E-state index in [0.29, 0.717) is 18.2 Å². The van der Waals surface area contributed by atoms with Gasteiger partial charge in [0.2, 0.25) is 5.91 Å². The summed E-state index contributed by atoms with van der Waals surface area (Å²) in [5.41, 5.74) is 15.1. The number of benzene rings is 1. The van der Waals surface area contributed by atoms with Gasteiger partial charge in [0.1, 0.15) is 0 Å². The Bertz CT molecular complexity index is 418. The van der Waals surface area contributed by atoms with E-state index in [-0.39, 0.29) is 5.91 Å². The molecule has 0 spiro atoms. The topological polar surface area (TPSA) is 72.3 Å². The summed E-state index contributed by atoms with van der Waals surface area (Å²) in [5, 5.41) is 0. The van der Waals surface area contributed by atoms with E-state index in [9.17, 15) is 4.79 Å². The maximum absolute atomic E-state index is 11.2.